The van der Waals surface area contributed by atoms with Gasteiger partial charge in [-0.15, -0.1) is 0 Å². The Labute approximate surface area is 288 Å². The maximum atomic E-state index is 6.91. The summed E-state index contributed by atoms with van der Waals surface area (Å²) >= 11 is 0. The average Bonchev–Trinajstić information content (AvgIpc) is 3.60. The van der Waals surface area contributed by atoms with Gasteiger partial charge in [-0.05, 0) is 44.4 Å². The van der Waals surface area contributed by atoms with Crippen LogP contribution in [0.4, 0.5) is 0 Å². The minimum atomic E-state index is -1.21. The molecule has 4 heterocycles. The molecule has 4 aliphatic heterocycles. The summed E-state index contributed by atoms with van der Waals surface area (Å²) < 4.78 is 64.8. The Balaban J connectivity index is 1.15. The summed E-state index contributed by atoms with van der Waals surface area (Å²) in [7, 11) is 0. The van der Waals surface area contributed by atoms with Crippen LogP contribution in [0.25, 0.3) is 0 Å². The first kappa shape index (κ1) is 34.7. The van der Waals surface area contributed by atoms with E-state index in [0.717, 1.165) is 16.7 Å². The molecule has 3 aromatic carbocycles. The van der Waals surface area contributed by atoms with E-state index >= 15 is 0 Å². The first-order valence-corrected chi connectivity index (χ1v) is 17.2. The highest BCUT2D eigenvalue weighted by Crippen LogP contribution is 2.46. The largest absolute Gasteiger partial charge is 0.374 e. The normalized spacial score (nSPS) is 33.4. The SMILES string of the molecule is CC1(C)O[C@@H]2[C@@H](CO[C@@]3(COC(C)(C)O3)[C@H]2O[C@@H]2C[C@@H](OCc3ccccc3)[C@@H](OCc3ccccc3)[C@@H](COCc3ccccc3)O2)O1. The van der Waals surface area contributed by atoms with Gasteiger partial charge in [-0.3, -0.25) is 0 Å². The second-order valence-corrected chi connectivity index (χ2v) is 14.0. The molecule has 0 amide bonds. The van der Waals surface area contributed by atoms with Gasteiger partial charge >= 0.3 is 0 Å². The molecule has 10 nitrogen and oxygen atoms in total. The zero-order valence-corrected chi connectivity index (χ0v) is 28.7. The standard InChI is InChI=1S/C39H48O10/c1-37(2)44-26-39(49-37)36(35-32(25-43-39)47-38(3,4)48-35)46-33-20-30(41-22-28-16-10-6-11-17-28)34(42-23-29-18-12-7-13-19-29)31(45-33)24-40-21-27-14-8-5-9-15-27/h5-19,30-36H,20-26H2,1-4H3/t30-,31-,32-,33-,34-,35-,36+,39-/m1/s1. The van der Waals surface area contributed by atoms with E-state index in [1.54, 1.807) is 0 Å². The van der Waals surface area contributed by atoms with Crippen molar-refractivity contribution in [2.75, 3.05) is 19.8 Å². The molecule has 7 rings (SSSR count). The number of hydrogen-bond acceptors (Lipinski definition) is 10. The van der Waals surface area contributed by atoms with E-state index in [2.05, 4.69) is 12.1 Å². The minimum absolute atomic E-state index is 0.171. The van der Waals surface area contributed by atoms with Gasteiger partial charge in [0.1, 0.15) is 37.1 Å². The molecule has 0 radical (unpaired) electrons. The second-order valence-electron chi connectivity index (χ2n) is 14.0. The molecule has 4 saturated heterocycles. The summed E-state index contributed by atoms with van der Waals surface area (Å²) in [6, 6.07) is 30.3. The van der Waals surface area contributed by atoms with Gasteiger partial charge in [0.25, 0.3) is 0 Å². The molecule has 0 unspecified atom stereocenters. The van der Waals surface area contributed by atoms with Gasteiger partial charge in [-0.2, -0.15) is 0 Å². The van der Waals surface area contributed by atoms with E-state index in [1.165, 1.54) is 0 Å². The first-order valence-electron chi connectivity index (χ1n) is 17.2. The molecular weight excluding hydrogens is 628 g/mol. The highest BCUT2D eigenvalue weighted by atomic mass is 16.9. The highest BCUT2D eigenvalue weighted by molar-refractivity contribution is 5.15. The van der Waals surface area contributed by atoms with Crippen LogP contribution in [0.2, 0.25) is 0 Å². The first-order chi connectivity index (χ1) is 23.7. The lowest BCUT2D eigenvalue weighted by molar-refractivity contribution is -0.371. The van der Waals surface area contributed by atoms with Crippen LogP contribution in [0.5, 0.6) is 0 Å². The molecule has 0 aliphatic carbocycles. The van der Waals surface area contributed by atoms with Gasteiger partial charge in [0.05, 0.1) is 39.1 Å². The van der Waals surface area contributed by atoms with Crippen molar-refractivity contribution in [2.45, 2.75) is 114 Å². The summed E-state index contributed by atoms with van der Waals surface area (Å²) in [5, 5.41) is 0. The van der Waals surface area contributed by atoms with E-state index in [0.29, 0.717) is 26.2 Å². The Morgan fingerprint density at radius 2 is 1.31 bits per heavy atom. The molecular formula is C39H48O10. The monoisotopic (exact) mass is 676 g/mol. The highest BCUT2D eigenvalue weighted by Gasteiger charge is 2.64. The van der Waals surface area contributed by atoms with Gasteiger partial charge in [-0.1, -0.05) is 91.0 Å². The zero-order valence-electron chi connectivity index (χ0n) is 28.7. The van der Waals surface area contributed by atoms with Crippen LogP contribution < -0.4 is 0 Å². The molecule has 0 N–H and O–H groups in total. The van der Waals surface area contributed by atoms with Gasteiger partial charge in [0.15, 0.2) is 17.9 Å². The van der Waals surface area contributed by atoms with E-state index in [9.17, 15) is 0 Å². The number of benzene rings is 3. The predicted molar refractivity (Wildman–Crippen MR) is 178 cm³/mol. The molecule has 0 bridgehead atoms. The maximum absolute atomic E-state index is 6.91. The van der Waals surface area contributed by atoms with E-state index in [-0.39, 0.29) is 25.9 Å². The molecule has 1 spiro atoms. The summed E-state index contributed by atoms with van der Waals surface area (Å²) in [4.78, 5) is 0. The molecule has 8 atom stereocenters. The summed E-state index contributed by atoms with van der Waals surface area (Å²) in [5.41, 5.74) is 3.19. The van der Waals surface area contributed by atoms with E-state index in [1.807, 2.05) is 107 Å². The van der Waals surface area contributed by atoms with Crippen molar-refractivity contribution in [2.24, 2.45) is 0 Å². The quantitative estimate of drug-likeness (QED) is 0.231. The number of hydrogen-bond donors (Lipinski definition) is 0. The zero-order chi connectivity index (χ0) is 33.9. The fraction of sp³-hybridized carbons (Fsp3) is 0.538. The number of fused-ring (bicyclic) bond motifs is 1. The summed E-state index contributed by atoms with van der Waals surface area (Å²) in [6.45, 7) is 9.46. The van der Waals surface area contributed by atoms with Crippen LogP contribution in [0.1, 0.15) is 50.8 Å². The van der Waals surface area contributed by atoms with Crippen molar-refractivity contribution < 1.29 is 47.4 Å². The van der Waals surface area contributed by atoms with Crippen LogP contribution in [0.15, 0.2) is 91.0 Å². The van der Waals surface area contributed by atoms with Gasteiger partial charge in [0.2, 0.25) is 5.79 Å². The molecule has 3 aromatic rings. The van der Waals surface area contributed by atoms with Crippen LogP contribution in [0, 0.1) is 0 Å². The third kappa shape index (κ3) is 8.43. The second kappa shape index (κ2) is 14.9. The smallest absolute Gasteiger partial charge is 0.224 e. The molecule has 4 aliphatic rings. The topological polar surface area (TPSA) is 92.3 Å². The lowest BCUT2D eigenvalue weighted by Crippen LogP contribution is -2.64. The Kier molecular flexibility index (Phi) is 10.5. The number of ether oxygens (including phenoxy) is 10. The van der Waals surface area contributed by atoms with Crippen LogP contribution in [-0.4, -0.2) is 80.1 Å². The van der Waals surface area contributed by atoms with Crippen molar-refractivity contribution in [3.05, 3.63) is 108 Å². The Bertz CT molecular complexity index is 1470. The van der Waals surface area contributed by atoms with Crippen molar-refractivity contribution in [3.8, 4) is 0 Å². The van der Waals surface area contributed by atoms with Gasteiger partial charge < -0.3 is 47.4 Å². The van der Waals surface area contributed by atoms with Crippen LogP contribution >= 0.6 is 0 Å². The van der Waals surface area contributed by atoms with Gasteiger partial charge in [-0.25, -0.2) is 0 Å². The summed E-state index contributed by atoms with van der Waals surface area (Å²) in [6.07, 6.45) is -3.24. The van der Waals surface area contributed by atoms with Gasteiger partial charge in [0, 0.05) is 6.42 Å². The Morgan fingerprint density at radius 3 is 1.92 bits per heavy atom. The van der Waals surface area contributed by atoms with Crippen LogP contribution in [0.3, 0.4) is 0 Å². The molecule has 0 aromatic heterocycles. The third-order valence-electron chi connectivity index (χ3n) is 9.25. The Morgan fingerprint density at radius 1 is 0.694 bits per heavy atom. The van der Waals surface area contributed by atoms with Crippen LogP contribution in [-0.2, 0) is 67.2 Å². The lowest BCUT2D eigenvalue weighted by atomic mass is 9.96. The van der Waals surface area contributed by atoms with Crippen molar-refractivity contribution in [1.29, 1.82) is 0 Å². The van der Waals surface area contributed by atoms with Crippen molar-refractivity contribution in [3.63, 3.8) is 0 Å². The predicted octanol–water partition coefficient (Wildman–Crippen LogP) is 5.90. The maximum Gasteiger partial charge on any atom is 0.224 e. The minimum Gasteiger partial charge on any atom is -0.374 e. The summed E-state index contributed by atoms with van der Waals surface area (Å²) in [5.74, 6) is -2.90. The molecule has 10 heteroatoms. The average molecular weight is 677 g/mol. The van der Waals surface area contributed by atoms with Crippen molar-refractivity contribution >= 4 is 0 Å². The molecule has 49 heavy (non-hydrogen) atoms. The van der Waals surface area contributed by atoms with Crippen molar-refractivity contribution in [1.82, 2.24) is 0 Å². The molecule has 264 valence electrons. The fourth-order valence-corrected chi connectivity index (χ4v) is 7.01. The Hall–Kier alpha value is -2.74. The van der Waals surface area contributed by atoms with E-state index in [4.69, 9.17) is 47.4 Å². The molecule has 0 saturated carbocycles. The fourth-order valence-electron chi connectivity index (χ4n) is 7.01. The lowest BCUT2D eigenvalue weighted by Gasteiger charge is -2.47. The number of rotatable bonds is 12. The third-order valence-corrected chi connectivity index (χ3v) is 9.25. The van der Waals surface area contributed by atoms with E-state index < -0.39 is 54.2 Å². The molecule has 4 fully saturated rings.